The summed E-state index contributed by atoms with van der Waals surface area (Å²) in [7, 11) is -1.73. The third-order valence-electron chi connectivity index (χ3n) is 7.16. The fourth-order valence-electron chi connectivity index (χ4n) is 5.02. The minimum atomic E-state index is -3.33. The van der Waals surface area contributed by atoms with Crippen molar-refractivity contribution in [3.05, 3.63) is 77.2 Å². The Kier molecular flexibility index (Phi) is 7.66. The first-order valence-electron chi connectivity index (χ1n) is 12.7. The summed E-state index contributed by atoms with van der Waals surface area (Å²) < 4.78 is 31.7. The van der Waals surface area contributed by atoms with Crippen LogP contribution in [0.5, 0.6) is 5.75 Å². The SMILES string of the molecule is COc1ccc(C2CN(c3ccc(C4(NS(C)(=O)=O)CC4)cn3)CCC2NC(=O)Nc2ccc(Cl)cc2)nc1. The van der Waals surface area contributed by atoms with E-state index < -0.39 is 15.6 Å². The van der Waals surface area contributed by atoms with Crippen molar-refractivity contribution in [1.29, 1.82) is 0 Å². The molecule has 2 atom stereocenters. The summed E-state index contributed by atoms with van der Waals surface area (Å²) in [6.07, 6.45) is 6.79. The van der Waals surface area contributed by atoms with Gasteiger partial charge >= 0.3 is 6.03 Å². The number of rotatable bonds is 8. The van der Waals surface area contributed by atoms with Gasteiger partial charge in [0.05, 0.1) is 25.1 Å². The van der Waals surface area contributed by atoms with Gasteiger partial charge in [-0.15, -0.1) is 0 Å². The maximum atomic E-state index is 12.9. The van der Waals surface area contributed by atoms with Gasteiger partial charge < -0.3 is 20.3 Å². The molecule has 2 aromatic heterocycles. The lowest BCUT2D eigenvalue weighted by atomic mass is 9.88. The molecule has 3 heterocycles. The molecule has 3 N–H and O–H groups in total. The number of nitrogens with zero attached hydrogens (tertiary/aromatic N) is 3. The second-order valence-corrected chi connectivity index (χ2v) is 12.2. The van der Waals surface area contributed by atoms with Gasteiger partial charge in [0.1, 0.15) is 11.6 Å². The van der Waals surface area contributed by atoms with E-state index in [4.69, 9.17) is 16.3 Å². The number of urea groups is 1. The molecule has 2 aliphatic rings. The van der Waals surface area contributed by atoms with E-state index in [1.807, 2.05) is 24.3 Å². The van der Waals surface area contributed by atoms with Gasteiger partial charge in [-0.25, -0.2) is 22.9 Å². The van der Waals surface area contributed by atoms with Crippen LogP contribution in [-0.2, 0) is 15.6 Å². The van der Waals surface area contributed by atoms with Crippen LogP contribution >= 0.6 is 11.6 Å². The smallest absolute Gasteiger partial charge is 0.319 e. The number of nitrogens with one attached hydrogen (secondary N) is 3. The van der Waals surface area contributed by atoms with Gasteiger partial charge in [0.2, 0.25) is 10.0 Å². The number of piperidine rings is 1. The maximum Gasteiger partial charge on any atom is 0.319 e. The van der Waals surface area contributed by atoms with Crippen LogP contribution in [0.15, 0.2) is 60.9 Å². The summed E-state index contributed by atoms with van der Waals surface area (Å²) in [5.41, 5.74) is 1.79. The summed E-state index contributed by atoms with van der Waals surface area (Å²) in [5, 5.41) is 6.59. The molecule has 12 heteroatoms. The number of amides is 2. The molecule has 1 aromatic carbocycles. The number of sulfonamides is 1. The average Bonchev–Trinajstić information content (AvgIpc) is 3.69. The maximum absolute atomic E-state index is 12.9. The van der Waals surface area contributed by atoms with E-state index in [2.05, 4.69) is 30.2 Å². The summed E-state index contributed by atoms with van der Waals surface area (Å²) in [5.74, 6) is 1.34. The van der Waals surface area contributed by atoms with Crippen molar-refractivity contribution in [1.82, 2.24) is 20.0 Å². The zero-order chi connectivity index (χ0) is 27.6. The van der Waals surface area contributed by atoms with Crippen molar-refractivity contribution in [2.45, 2.75) is 36.8 Å². The van der Waals surface area contributed by atoms with Gasteiger partial charge in [-0.2, -0.15) is 0 Å². The van der Waals surface area contributed by atoms with Gasteiger partial charge in [0.25, 0.3) is 0 Å². The monoisotopic (exact) mass is 570 g/mol. The lowest BCUT2D eigenvalue weighted by molar-refractivity contribution is 0.243. The number of pyridine rings is 2. The molecule has 5 rings (SSSR count). The Labute approximate surface area is 233 Å². The molecule has 1 saturated heterocycles. The van der Waals surface area contributed by atoms with Gasteiger partial charge in [-0.3, -0.25) is 4.98 Å². The van der Waals surface area contributed by atoms with E-state index in [9.17, 15) is 13.2 Å². The van der Waals surface area contributed by atoms with Gasteiger partial charge in [0, 0.05) is 47.7 Å². The standard InChI is InChI=1S/C27H31ClN6O4S/c1-38-21-8-9-23(29-16-21)22-17-34(14-11-24(22)32-26(35)31-20-6-4-19(28)5-7-20)25-10-3-18(15-30-25)27(12-13-27)33-39(2,36)37/h3-10,15-16,22,24,33H,11-14,17H2,1-2H3,(H2,31,32,35). The number of methoxy groups -OCH3 is 1. The first kappa shape index (κ1) is 27.2. The molecule has 2 unspecified atom stereocenters. The highest BCUT2D eigenvalue weighted by atomic mass is 35.5. The summed E-state index contributed by atoms with van der Waals surface area (Å²) in [4.78, 5) is 24.3. The Morgan fingerprint density at radius 2 is 1.85 bits per heavy atom. The molecule has 0 bridgehead atoms. The van der Waals surface area contributed by atoms with Crippen LogP contribution in [0.1, 0.15) is 36.4 Å². The number of hydrogen-bond donors (Lipinski definition) is 3. The van der Waals surface area contributed by atoms with Crippen LogP contribution in [0, 0.1) is 0 Å². The summed E-state index contributed by atoms with van der Waals surface area (Å²) in [6.45, 7) is 1.27. The fraction of sp³-hybridized carbons (Fsp3) is 0.370. The highest BCUT2D eigenvalue weighted by Crippen LogP contribution is 2.46. The highest BCUT2D eigenvalue weighted by molar-refractivity contribution is 7.88. The predicted molar refractivity (Wildman–Crippen MR) is 151 cm³/mol. The van der Waals surface area contributed by atoms with Crippen LogP contribution in [0.25, 0.3) is 0 Å². The molecule has 39 heavy (non-hydrogen) atoms. The minimum absolute atomic E-state index is 0.108. The number of carbonyl (C=O) groups excluding carboxylic acids is 1. The molecule has 3 aromatic rings. The Morgan fingerprint density at radius 3 is 2.44 bits per heavy atom. The molecule has 2 fully saturated rings. The third kappa shape index (κ3) is 6.60. The number of benzene rings is 1. The summed E-state index contributed by atoms with van der Waals surface area (Å²) >= 11 is 5.95. The second kappa shape index (κ2) is 11.0. The number of anilines is 2. The van der Waals surface area contributed by atoms with Crippen LogP contribution in [-0.4, -0.2) is 56.9 Å². The van der Waals surface area contributed by atoms with E-state index in [-0.39, 0.29) is 18.0 Å². The van der Waals surface area contributed by atoms with Crippen LogP contribution in [0.2, 0.25) is 5.02 Å². The minimum Gasteiger partial charge on any atom is -0.495 e. The molecule has 0 radical (unpaired) electrons. The lowest BCUT2D eigenvalue weighted by Gasteiger charge is -2.39. The number of halogens is 1. The molecule has 1 saturated carbocycles. The van der Waals surface area contributed by atoms with Gasteiger partial charge in [0.15, 0.2) is 0 Å². The van der Waals surface area contributed by atoms with Gasteiger partial charge in [-0.05, 0) is 67.3 Å². The van der Waals surface area contributed by atoms with Crippen molar-refractivity contribution in [2.24, 2.45) is 0 Å². The zero-order valence-electron chi connectivity index (χ0n) is 21.7. The Hall–Kier alpha value is -3.41. The van der Waals surface area contributed by atoms with Crippen LogP contribution in [0.4, 0.5) is 16.3 Å². The van der Waals surface area contributed by atoms with Gasteiger partial charge in [-0.1, -0.05) is 17.7 Å². The van der Waals surface area contributed by atoms with E-state index in [1.54, 1.807) is 43.8 Å². The first-order valence-corrected chi connectivity index (χ1v) is 14.9. The van der Waals surface area contributed by atoms with Crippen LogP contribution in [0.3, 0.4) is 0 Å². The number of carbonyl (C=O) groups is 1. The third-order valence-corrected chi connectivity index (χ3v) is 8.17. The molecule has 10 nitrogen and oxygen atoms in total. The van der Waals surface area contributed by atoms with Crippen molar-refractivity contribution in [2.75, 3.05) is 36.7 Å². The molecule has 206 valence electrons. The fourth-order valence-corrected chi connectivity index (χ4v) is 6.18. The van der Waals surface area contributed by atoms with Crippen molar-refractivity contribution in [3.8, 4) is 5.75 Å². The molecular formula is C27H31ClN6O4S. The van der Waals surface area contributed by atoms with E-state index in [0.717, 1.165) is 29.9 Å². The van der Waals surface area contributed by atoms with E-state index >= 15 is 0 Å². The largest absolute Gasteiger partial charge is 0.495 e. The predicted octanol–water partition coefficient (Wildman–Crippen LogP) is 3.86. The number of hydrogen-bond acceptors (Lipinski definition) is 7. The molecule has 1 aliphatic carbocycles. The quantitative estimate of drug-likeness (QED) is 0.375. The zero-order valence-corrected chi connectivity index (χ0v) is 23.3. The molecule has 1 aliphatic heterocycles. The average molecular weight is 571 g/mol. The first-order chi connectivity index (χ1) is 18.6. The molecular weight excluding hydrogens is 540 g/mol. The van der Waals surface area contributed by atoms with Crippen LogP contribution < -0.4 is 25.0 Å². The van der Waals surface area contributed by atoms with Crippen molar-refractivity contribution < 1.29 is 17.9 Å². The lowest BCUT2D eigenvalue weighted by Crippen LogP contribution is -2.51. The number of aromatic nitrogens is 2. The van der Waals surface area contributed by atoms with Crippen molar-refractivity contribution in [3.63, 3.8) is 0 Å². The Balaban J connectivity index is 1.32. The second-order valence-electron chi connectivity index (χ2n) is 10.0. The number of ether oxygens (including phenoxy) is 1. The molecule has 0 spiro atoms. The summed E-state index contributed by atoms with van der Waals surface area (Å²) in [6, 6.07) is 14.1. The highest BCUT2D eigenvalue weighted by Gasteiger charge is 2.47. The van der Waals surface area contributed by atoms with Crippen molar-refractivity contribution >= 4 is 39.2 Å². The molecule has 2 amide bonds. The Bertz CT molecular complexity index is 1410. The van der Waals surface area contributed by atoms with E-state index in [0.29, 0.717) is 36.0 Å². The normalized spacial score (nSPS) is 20.2. The Morgan fingerprint density at radius 1 is 1.08 bits per heavy atom. The topological polar surface area (TPSA) is 126 Å². The van der Waals surface area contributed by atoms with E-state index in [1.165, 1.54) is 6.26 Å².